The van der Waals surface area contributed by atoms with Gasteiger partial charge in [-0.25, -0.2) is 0 Å². The molecular weight excluding hydrogens is 356 g/mol. The van der Waals surface area contributed by atoms with E-state index in [-0.39, 0.29) is 11.5 Å². The van der Waals surface area contributed by atoms with Crippen molar-refractivity contribution in [1.82, 2.24) is 9.88 Å². The second-order valence-corrected chi connectivity index (χ2v) is 9.02. The van der Waals surface area contributed by atoms with Crippen LogP contribution in [-0.2, 0) is 12.8 Å². The molecule has 4 rings (SSSR count). The zero-order valence-corrected chi connectivity index (χ0v) is 16.6. The summed E-state index contributed by atoms with van der Waals surface area (Å²) in [6, 6.07) is 10.5. The Kier molecular flexibility index (Phi) is 5.39. The van der Waals surface area contributed by atoms with Gasteiger partial charge in [0.25, 0.3) is 11.5 Å². The van der Waals surface area contributed by atoms with Gasteiger partial charge in [-0.05, 0) is 69.2 Å². The molecule has 0 atom stereocenters. The molecule has 142 valence electrons. The molecule has 5 heteroatoms. The number of hydrogen-bond donors (Lipinski definition) is 1. The summed E-state index contributed by atoms with van der Waals surface area (Å²) in [5, 5.41) is 0.526. The van der Waals surface area contributed by atoms with Crippen molar-refractivity contribution < 1.29 is 4.79 Å². The quantitative estimate of drug-likeness (QED) is 0.874. The fourth-order valence-corrected chi connectivity index (χ4v) is 5.11. The molecule has 2 heterocycles. The number of carbonyl (C=O) groups excluding carboxylic acids is 1. The number of hydrogen-bond acceptors (Lipinski definition) is 3. The highest BCUT2D eigenvalue weighted by molar-refractivity contribution is 8.00. The van der Waals surface area contributed by atoms with E-state index in [4.69, 9.17) is 0 Å². The third-order valence-corrected chi connectivity index (χ3v) is 6.97. The van der Waals surface area contributed by atoms with Crippen LogP contribution in [0, 0.1) is 6.92 Å². The normalized spacial score (nSPS) is 17.6. The first-order valence-corrected chi connectivity index (χ1v) is 10.8. The van der Waals surface area contributed by atoms with Crippen molar-refractivity contribution in [1.29, 1.82) is 0 Å². The Hall–Kier alpha value is -2.01. The van der Waals surface area contributed by atoms with Crippen molar-refractivity contribution >= 4 is 17.7 Å². The molecule has 0 saturated carbocycles. The van der Waals surface area contributed by atoms with Crippen LogP contribution in [0.15, 0.2) is 40.0 Å². The molecule has 1 aromatic heterocycles. The number of pyridine rings is 1. The minimum Gasteiger partial charge on any atom is -0.338 e. The Morgan fingerprint density at radius 1 is 1.11 bits per heavy atom. The fraction of sp³-hybridized carbons (Fsp3) is 0.455. The first-order chi connectivity index (χ1) is 13.1. The van der Waals surface area contributed by atoms with Crippen LogP contribution in [0.1, 0.15) is 52.9 Å². The summed E-state index contributed by atoms with van der Waals surface area (Å²) in [5.41, 5.74) is 3.54. The van der Waals surface area contributed by atoms with E-state index < -0.39 is 0 Å². The molecule has 1 aliphatic heterocycles. The molecule has 27 heavy (non-hydrogen) atoms. The van der Waals surface area contributed by atoms with Crippen molar-refractivity contribution in [2.24, 2.45) is 0 Å². The predicted molar refractivity (Wildman–Crippen MR) is 110 cm³/mol. The lowest BCUT2D eigenvalue weighted by Gasteiger charge is -2.31. The zero-order chi connectivity index (χ0) is 18.8. The second kappa shape index (κ2) is 7.93. The van der Waals surface area contributed by atoms with E-state index in [0.29, 0.717) is 10.8 Å². The molecule has 1 fully saturated rings. The maximum atomic E-state index is 12.9. The minimum absolute atomic E-state index is 0.108. The summed E-state index contributed by atoms with van der Waals surface area (Å²) < 4.78 is 0. The Balaban J connectivity index is 1.40. The van der Waals surface area contributed by atoms with Crippen molar-refractivity contribution in [3.63, 3.8) is 0 Å². The number of fused-ring (bicyclic) bond motifs is 1. The van der Waals surface area contributed by atoms with E-state index in [0.717, 1.165) is 62.9 Å². The smallest absolute Gasteiger partial charge is 0.261 e. The summed E-state index contributed by atoms with van der Waals surface area (Å²) in [6.07, 6.45) is 6.05. The number of likely N-dealkylation sites (tertiary alicyclic amines) is 1. The van der Waals surface area contributed by atoms with Crippen molar-refractivity contribution in [2.75, 3.05) is 13.1 Å². The molecule has 1 amide bonds. The second-order valence-electron chi connectivity index (χ2n) is 7.65. The number of thioether (sulfide) groups is 1. The molecule has 1 saturated heterocycles. The monoisotopic (exact) mass is 382 g/mol. The van der Waals surface area contributed by atoms with Gasteiger partial charge in [-0.2, -0.15) is 0 Å². The predicted octanol–water partition coefficient (Wildman–Crippen LogP) is 3.96. The van der Waals surface area contributed by atoms with E-state index >= 15 is 0 Å². The first-order valence-electron chi connectivity index (χ1n) is 9.88. The Labute approximate surface area is 164 Å². The standard InChI is InChI=1S/C22H26N2O2S/c1-15-6-8-17(9-7-15)27-18-10-12-24(13-11-18)22(26)19-14-16-4-2-3-5-20(16)23-21(19)25/h6-9,14,18H,2-5,10-13H2,1H3,(H,23,25). The van der Waals surface area contributed by atoms with Crippen molar-refractivity contribution in [2.45, 2.75) is 55.6 Å². The van der Waals surface area contributed by atoms with Crippen LogP contribution in [-0.4, -0.2) is 34.1 Å². The fourth-order valence-electron chi connectivity index (χ4n) is 3.99. The Morgan fingerprint density at radius 3 is 2.56 bits per heavy atom. The van der Waals surface area contributed by atoms with Crippen LogP contribution in [0.25, 0.3) is 0 Å². The number of benzene rings is 1. The van der Waals surface area contributed by atoms with Gasteiger partial charge >= 0.3 is 0 Å². The summed E-state index contributed by atoms with van der Waals surface area (Å²) in [7, 11) is 0. The van der Waals surface area contributed by atoms with Gasteiger partial charge in [-0.3, -0.25) is 9.59 Å². The van der Waals surface area contributed by atoms with E-state index in [1.807, 2.05) is 22.7 Å². The molecule has 0 radical (unpaired) electrons. The van der Waals surface area contributed by atoms with Crippen LogP contribution in [0.4, 0.5) is 0 Å². The molecule has 2 aromatic rings. The van der Waals surface area contributed by atoms with E-state index in [9.17, 15) is 9.59 Å². The molecule has 1 aliphatic carbocycles. The number of carbonyl (C=O) groups is 1. The summed E-state index contributed by atoms with van der Waals surface area (Å²) >= 11 is 1.90. The van der Waals surface area contributed by atoms with Gasteiger partial charge in [0.15, 0.2) is 0 Å². The third kappa shape index (κ3) is 4.13. The summed E-state index contributed by atoms with van der Waals surface area (Å²) in [4.78, 5) is 31.4. The third-order valence-electron chi connectivity index (χ3n) is 5.62. The number of aryl methyl sites for hydroxylation is 3. The number of rotatable bonds is 3. The van der Waals surface area contributed by atoms with Crippen LogP contribution in [0.2, 0.25) is 0 Å². The molecule has 1 N–H and O–H groups in total. The topological polar surface area (TPSA) is 53.2 Å². The highest BCUT2D eigenvalue weighted by Gasteiger charge is 2.26. The number of aromatic amines is 1. The van der Waals surface area contributed by atoms with Crippen molar-refractivity contribution in [3.05, 3.63) is 63.1 Å². The van der Waals surface area contributed by atoms with Crippen LogP contribution < -0.4 is 5.56 Å². The maximum Gasteiger partial charge on any atom is 0.261 e. The van der Waals surface area contributed by atoms with Gasteiger partial charge < -0.3 is 9.88 Å². The highest BCUT2D eigenvalue weighted by Crippen LogP contribution is 2.31. The van der Waals surface area contributed by atoms with Crippen molar-refractivity contribution in [3.8, 4) is 0 Å². The molecule has 4 nitrogen and oxygen atoms in total. The molecular formula is C22H26N2O2S. The van der Waals surface area contributed by atoms with Gasteiger partial charge in [-0.15, -0.1) is 11.8 Å². The van der Waals surface area contributed by atoms with Gasteiger partial charge in [0, 0.05) is 28.9 Å². The zero-order valence-electron chi connectivity index (χ0n) is 15.8. The number of amides is 1. The van der Waals surface area contributed by atoms with Gasteiger partial charge in [0.1, 0.15) is 5.56 Å². The van der Waals surface area contributed by atoms with E-state index in [1.54, 1.807) is 0 Å². The number of H-pyrrole nitrogens is 1. The Bertz CT molecular complexity index is 880. The van der Waals surface area contributed by atoms with Gasteiger partial charge in [-0.1, -0.05) is 17.7 Å². The van der Waals surface area contributed by atoms with Gasteiger partial charge in [0.05, 0.1) is 0 Å². The average Bonchev–Trinajstić information content (AvgIpc) is 2.69. The summed E-state index contributed by atoms with van der Waals surface area (Å²) in [5.74, 6) is -0.108. The number of aromatic nitrogens is 1. The lowest BCUT2D eigenvalue weighted by molar-refractivity contribution is 0.0725. The Morgan fingerprint density at radius 2 is 1.81 bits per heavy atom. The lowest BCUT2D eigenvalue weighted by atomic mass is 9.94. The largest absolute Gasteiger partial charge is 0.338 e. The van der Waals surface area contributed by atoms with Crippen LogP contribution in [0.3, 0.4) is 0 Å². The molecule has 0 unspecified atom stereocenters. The molecule has 2 aliphatic rings. The number of piperidine rings is 1. The van der Waals surface area contributed by atoms with E-state index in [2.05, 4.69) is 36.2 Å². The number of nitrogens with zero attached hydrogens (tertiary/aromatic N) is 1. The van der Waals surface area contributed by atoms with Crippen LogP contribution in [0.5, 0.6) is 0 Å². The summed E-state index contributed by atoms with van der Waals surface area (Å²) in [6.45, 7) is 3.54. The maximum absolute atomic E-state index is 12.9. The molecule has 1 aromatic carbocycles. The first kappa shape index (κ1) is 18.4. The SMILES string of the molecule is Cc1ccc(SC2CCN(C(=O)c3cc4c([nH]c3=O)CCCC4)CC2)cc1. The van der Waals surface area contributed by atoms with Gasteiger partial charge in [0.2, 0.25) is 0 Å². The lowest BCUT2D eigenvalue weighted by Crippen LogP contribution is -2.41. The molecule has 0 bridgehead atoms. The minimum atomic E-state index is -0.225. The van der Waals surface area contributed by atoms with E-state index in [1.165, 1.54) is 10.5 Å². The number of nitrogens with one attached hydrogen (secondary N) is 1. The average molecular weight is 383 g/mol. The van der Waals surface area contributed by atoms with Crippen LogP contribution >= 0.6 is 11.8 Å². The molecule has 0 spiro atoms. The highest BCUT2D eigenvalue weighted by atomic mass is 32.2.